The van der Waals surface area contributed by atoms with E-state index >= 15 is 0 Å². The zero-order chi connectivity index (χ0) is 35.2. The van der Waals surface area contributed by atoms with Crippen molar-refractivity contribution < 1.29 is 25.8 Å². The average Bonchev–Trinajstić information content (AvgIpc) is 3.60. The van der Waals surface area contributed by atoms with Crippen molar-refractivity contribution in [3.63, 3.8) is 0 Å². The van der Waals surface area contributed by atoms with E-state index in [1.54, 1.807) is 0 Å². The molecule has 0 aliphatic carbocycles. The molecule has 3 aromatic heterocycles. The number of fused-ring (bicyclic) bond motifs is 3. The van der Waals surface area contributed by atoms with E-state index in [1.807, 2.05) is 12.3 Å². The van der Waals surface area contributed by atoms with Gasteiger partial charge in [-0.05, 0) is 97.0 Å². The molecule has 6 heteroatoms. The van der Waals surface area contributed by atoms with Crippen molar-refractivity contribution in [3.05, 3.63) is 131 Å². The Morgan fingerprint density at radius 2 is 1.55 bits per heavy atom. The van der Waals surface area contributed by atoms with Crippen LogP contribution >= 0.6 is 0 Å². The Morgan fingerprint density at radius 1 is 0.784 bits per heavy atom. The molecule has 0 fully saturated rings. The Balaban J connectivity index is 0.00000448. The summed E-state index contributed by atoms with van der Waals surface area (Å²) >= 11 is 0. The van der Waals surface area contributed by atoms with E-state index in [1.165, 1.54) is 33.5 Å². The predicted octanol–water partition coefficient (Wildman–Crippen LogP) is 11.5. The topological polar surface area (TPSA) is 44.9 Å². The monoisotopic (exact) mass is 853 g/mol. The molecule has 0 amide bonds. The second-order valence-electron chi connectivity index (χ2n) is 14.5. The van der Waals surface area contributed by atoms with Crippen LogP contribution in [0.4, 0.5) is 0 Å². The first-order valence-electron chi connectivity index (χ1n) is 17.9. The number of para-hydroxylation sites is 1. The largest absolute Gasteiger partial charge is 2.00 e. The first-order valence-corrected chi connectivity index (χ1v) is 17.9. The van der Waals surface area contributed by atoms with Crippen LogP contribution in [0.5, 0.6) is 11.5 Å². The standard InChI is InChI=1S/C45H46N4O.Pt/c1-9-11-18-40-44(43-29(3)15-14-16-30(43)4)31(5)47-49(40)34-25-33(45(6,7)8)26-36(27-34)50-35-20-21-38-37-17-12-13-19-39(37)48(41(38)28-35)42-24-32(10-2)22-23-46-42;/h12-17,19-26H,9-11,18H2,1-8H3;/q-2;+2. The van der Waals surface area contributed by atoms with Crippen LogP contribution in [0.3, 0.4) is 0 Å². The number of pyridine rings is 1. The fraction of sp³-hybridized carbons (Fsp3) is 0.289. The van der Waals surface area contributed by atoms with Crippen LogP contribution in [0, 0.1) is 32.9 Å². The minimum Gasteiger partial charge on any atom is -0.509 e. The summed E-state index contributed by atoms with van der Waals surface area (Å²) in [6.45, 7) is 17.6. The van der Waals surface area contributed by atoms with Gasteiger partial charge in [0.1, 0.15) is 5.82 Å². The van der Waals surface area contributed by atoms with Crippen molar-refractivity contribution in [2.45, 2.75) is 86.5 Å². The van der Waals surface area contributed by atoms with Crippen LogP contribution in [-0.4, -0.2) is 19.3 Å². The third-order valence-electron chi connectivity index (χ3n) is 9.80. The number of aryl methyl sites for hydroxylation is 4. The van der Waals surface area contributed by atoms with Crippen LogP contribution in [-0.2, 0) is 39.3 Å². The van der Waals surface area contributed by atoms with Crippen molar-refractivity contribution in [3.8, 4) is 34.1 Å². The number of hydrogen-bond acceptors (Lipinski definition) is 3. The Kier molecular flexibility index (Phi) is 10.4. The van der Waals surface area contributed by atoms with Crippen molar-refractivity contribution in [2.24, 2.45) is 0 Å². The van der Waals surface area contributed by atoms with Crippen LogP contribution in [0.25, 0.3) is 44.4 Å². The van der Waals surface area contributed by atoms with Gasteiger partial charge in [-0.2, -0.15) is 11.2 Å². The third-order valence-corrected chi connectivity index (χ3v) is 9.80. The fourth-order valence-electron chi connectivity index (χ4n) is 7.11. The van der Waals surface area contributed by atoms with Gasteiger partial charge in [-0.1, -0.05) is 83.0 Å². The van der Waals surface area contributed by atoms with E-state index in [0.717, 1.165) is 70.3 Å². The quantitative estimate of drug-likeness (QED) is 0.136. The molecular formula is C45H46N4OPt. The van der Waals surface area contributed by atoms with Gasteiger partial charge in [-0.25, -0.2) is 4.98 Å². The van der Waals surface area contributed by atoms with Gasteiger partial charge in [0, 0.05) is 34.5 Å². The smallest absolute Gasteiger partial charge is 0.509 e. The summed E-state index contributed by atoms with van der Waals surface area (Å²) in [7, 11) is 0. The summed E-state index contributed by atoms with van der Waals surface area (Å²) in [5, 5.41) is 7.47. The molecule has 5 nitrogen and oxygen atoms in total. The SMILES string of the molecule is CCCCc1c(-c2c(C)cccc2C)c(C)nn1-c1[c-]c(Oc2[c-]c3c(cc2)c2ccccc2n3-c2cc(CC)ccn2)cc(C(C)(C)C)c1.[Pt+2]. The van der Waals surface area contributed by atoms with Crippen LogP contribution in [0.1, 0.15) is 81.1 Å². The summed E-state index contributed by atoms with van der Waals surface area (Å²) < 4.78 is 11.0. The number of rotatable bonds is 9. The van der Waals surface area contributed by atoms with E-state index in [0.29, 0.717) is 11.5 Å². The molecule has 0 aliphatic heterocycles. The minimum atomic E-state index is -0.126. The second kappa shape index (κ2) is 14.6. The molecular weight excluding hydrogens is 808 g/mol. The molecule has 0 saturated carbocycles. The summed E-state index contributed by atoms with van der Waals surface area (Å²) in [5.41, 5.74) is 12.5. The van der Waals surface area contributed by atoms with Gasteiger partial charge in [0.25, 0.3) is 0 Å². The molecule has 0 aliphatic rings. The molecule has 51 heavy (non-hydrogen) atoms. The zero-order valence-corrected chi connectivity index (χ0v) is 33.2. The maximum absolute atomic E-state index is 6.71. The van der Waals surface area contributed by atoms with Crippen LogP contribution in [0.15, 0.2) is 85.1 Å². The van der Waals surface area contributed by atoms with E-state index < -0.39 is 0 Å². The molecule has 3 heterocycles. The Labute approximate surface area is 317 Å². The van der Waals surface area contributed by atoms with E-state index in [4.69, 9.17) is 14.8 Å². The van der Waals surface area contributed by atoms with Crippen molar-refractivity contribution >= 4 is 21.8 Å². The molecule has 0 bridgehead atoms. The van der Waals surface area contributed by atoms with E-state index in [9.17, 15) is 0 Å². The number of nitrogens with zero attached hydrogens (tertiary/aromatic N) is 4. The van der Waals surface area contributed by atoms with Crippen molar-refractivity contribution in [1.29, 1.82) is 0 Å². The first kappa shape index (κ1) is 36.3. The van der Waals surface area contributed by atoms with Gasteiger partial charge in [0.2, 0.25) is 0 Å². The number of benzene rings is 4. The minimum absolute atomic E-state index is 0. The zero-order valence-electron chi connectivity index (χ0n) is 30.9. The Bertz CT molecular complexity index is 2340. The Morgan fingerprint density at radius 3 is 2.27 bits per heavy atom. The summed E-state index contributed by atoms with van der Waals surface area (Å²) in [5.74, 6) is 2.14. The molecule has 0 saturated heterocycles. The number of ether oxygens (including phenoxy) is 1. The van der Waals surface area contributed by atoms with Gasteiger partial charge in [-0.15, -0.1) is 41.3 Å². The molecule has 7 rings (SSSR count). The second-order valence-corrected chi connectivity index (χ2v) is 14.5. The number of unbranched alkanes of at least 4 members (excludes halogenated alkanes) is 1. The maximum atomic E-state index is 6.71. The van der Waals surface area contributed by atoms with E-state index in [2.05, 4.69) is 150 Å². The molecule has 0 N–H and O–H groups in total. The number of aromatic nitrogens is 4. The summed E-state index contributed by atoms with van der Waals surface area (Å²) in [6.07, 6.45) is 5.93. The van der Waals surface area contributed by atoms with Gasteiger partial charge < -0.3 is 9.30 Å². The summed E-state index contributed by atoms with van der Waals surface area (Å²) in [6, 6.07) is 35.0. The Hall–Kier alpha value is -4.47. The van der Waals surface area contributed by atoms with Gasteiger partial charge in [0.15, 0.2) is 0 Å². The normalized spacial score (nSPS) is 11.7. The molecule has 7 aromatic rings. The molecule has 262 valence electrons. The van der Waals surface area contributed by atoms with Gasteiger partial charge >= 0.3 is 21.1 Å². The third kappa shape index (κ3) is 6.94. The number of hydrogen-bond donors (Lipinski definition) is 0. The maximum Gasteiger partial charge on any atom is 2.00 e. The van der Waals surface area contributed by atoms with E-state index in [-0.39, 0.29) is 26.5 Å². The van der Waals surface area contributed by atoms with Crippen molar-refractivity contribution in [1.82, 2.24) is 19.3 Å². The predicted molar refractivity (Wildman–Crippen MR) is 206 cm³/mol. The molecule has 0 atom stereocenters. The van der Waals surface area contributed by atoms with Gasteiger partial charge in [0.05, 0.1) is 5.69 Å². The average molecular weight is 854 g/mol. The molecule has 0 unspecified atom stereocenters. The van der Waals surface area contributed by atoms with Crippen LogP contribution < -0.4 is 4.74 Å². The van der Waals surface area contributed by atoms with Gasteiger partial charge in [-0.3, -0.25) is 4.68 Å². The molecule has 0 spiro atoms. The van der Waals surface area contributed by atoms with Crippen LogP contribution in [0.2, 0.25) is 0 Å². The molecule has 4 aromatic carbocycles. The fourth-order valence-corrected chi connectivity index (χ4v) is 7.11. The first-order chi connectivity index (χ1) is 24.1. The van der Waals surface area contributed by atoms with Crippen molar-refractivity contribution in [2.75, 3.05) is 0 Å². The summed E-state index contributed by atoms with van der Waals surface area (Å²) in [4.78, 5) is 4.78. The molecule has 0 radical (unpaired) electrons.